The fourth-order valence-corrected chi connectivity index (χ4v) is 3.23. The number of nitrogens with two attached hydrogens (primary N) is 1. The first-order valence-corrected chi connectivity index (χ1v) is 8.75. The number of halogens is 2. The minimum atomic E-state index is -0.442. The predicted molar refractivity (Wildman–Crippen MR) is 93.2 cm³/mol. The summed E-state index contributed by atoms with van der Waals surface area (Å²) in [7, 11) is 0. The van der Waals surface area contributed by atoms with Crippen molar-refractivity contribution in [1.82, 2.24) is 5.32 Å². The number of carbonyl (C=O) groups is 1. The standard InChI is InChI=1S/C16H23FN2OS.ClH/c1-21-10-7-14(18)15(20)19-11-16(8-2-9-16)12-3-5-13(17)6-4-12;/h3-6,14H,2,7-11,18H2,1H3,(H,19,20);1H/t14-;/m0./s1. The number of amides is 1. The molecular weight excluding hydrogens is 323 g/mol. The van der Waals surface area contributed by atoms with Gasteiger partial charge in [-0.05, 0) is 49.0 Å². The first-order chi connectivity index (χ1) is 10.1. The number of benzene rings is 1. The van der Waals surface area contributed by atoms with E-state index >= 15 is 0 Å². The molecule has 22 heavy (non-hydrogen) atoms. The number of hydrogen-bond acceptors (Lipinski definition) is 3. The Bertz CT molecular complexity index is 480. The van der Waals surface area contributed by atoms with Gasteiger partial charge in [-0.2, -0.15) is 11.8 Å². The second-order valence-electron chi connectivity index (χ2n) is 5.75. The molecule has 3 nitrogen and oxygen atoms in total. The van der Waals surface area contributed by atoms with E-state index in [9.17, 15) is 9.18 Å². The summed E-state index contributed by atoms with van der Waals surface area (Å²) in [5.74, 6) is 0.575. The summed E-state index contributed by atoms with van der Waals surface area (Å²) < 4.78 is 13.0. The molecule has 1 saturated carbocycles. The maximum Gasteiger partial charge on any atom is 0.236 e. The monoisotopic (exact) mass is 346 g/mol. The molecule has 1 aromatic rings. The lowest BCUT2D eigenvalue weighted by atomic mass is 9.64. The molecule has 1 aliphatic rings. The van der Waals surface area contributed by atoms with Crippen LogP contribution in [0.1, 0.15) is 31.2 Å². The van der Waals surface area contributed by atoms with Crippen molar-refractivity contribution in [2.24, 2.45) is 5.73 Å². The molecule has 3 N–H and O–H groups in total. The Hall–Kier alpha value is -0.780. The van der Waals surface area contributed by atoms with Gasteiger partial charge in [-0.25, -0.2) is 4.39 Å². The molecule has 0 heterocycles. The Morgan fingerprint density at radius 1 is 1.41 bits per heavy atom. The van der Waals surface area contributed by atoms with Crippen molar-refractivity contribution in [1.29, 1.82) is 0 Å². The molecular formula is C16H24ClFN2OS. The topological polar surface area (TPSA) is 55.1 Å². The van der Waals surface area contributed by atoms with E-state index in [1.165, 1.54) is 12.1 Å². The third-order valence-electron chi connectivity index (χ3n) is 4.34. The lowest BCUT2D eigenvalue weighted by Crippen LogP contribution is -2.49. The normalized spacial score (nSPS) is 17.0. The molecule has 2 rings (SSSR count). The number of hydrogen-bond donors (Lipinski definition) is 2. The third kappa shape index (κ3) is 4.61. The van der Waals surface area contributed by atoms with E-state index in [-0.39, 0.29) is 29.5 Å². The van der Waals surface area contributed by atoms with Crippen LogP contribution in [0.25, 0.3) is 0 Å². The van der Waals surface area contributed by atoms with Crippen molar-refractivity contribution >= 4 is 30.1 Å². The molecule has 0 bridgehead atoms. The van der Waals surface area contributed by atoms with Crippen molar-refractivity contribution in [3.8, 4) is 0 Å². The lowest BCUT2D eigenvalue weighted by molar-refractivity contribution is -0.122. The van der Waals surface area contributed by atoms with Crippen molar-refractivity contribution in [2.45, 2.75) is 37.1 Å². The summed E-state index contributed by atoms with van der Waals surface area (Å²) in [5, 5.41) is 2.98. The zero-order valence-corrected chi connectivity index (χ0v) is 14.4. The van der Waals surface area contributed by atoms with Gasteiger partial charge in [-0.1, -0.05) is 18.6 Å². The van der Waals surface area contributed by atoms with Crippen molar-refractivity contribution in [3.05, 3.63) is 35.6 Å². The van der Waals surface area contributed by atoms with Gasteiger partial charge in [0.05, 0.1) is 6.04 Å². The SMILES string of the molecule is CSCC[C@H](N)C(=O)NCC1(c2ccc(F)cc2)CCC1.Cl. The minimum Gasteiger partial charge on any atom is -0.354 e. The molecule has 1 amide bonds. The summed E-state index contributed by atoms with van der Waals surface area (Å²) in [5.41, 5.74) is 6.94. The van der Waals surface area contributed by atoms with E-state index in [0.29, 0.717) is 13.0 Å². The highest BCUT2D eigenvalue weighted by molar-refractivity contribution is 7.98. The second-order valence-corrected chi connectivity index (χ2v) is 6.73. The fourth-order valence-electron chi connectivity index (χ4n) is 2.74. The Morgan fingerprint density at radius 3 is 2.55 bits per heavy atom. The van der Waals surface area contributed by atoms with Gasteiger partial charge >= 0.3 is 0 Å². The Kier molecular flexibility index (Phi) is 7.66. The number of nitrogens with one attached hydrogen (secondary N) is 1. The van der Waals surface area contributed by atoms with Crippen LogP contribution in [0.4, 0.5) is 4.39 Å². The van der Waals surface area contributed by atoms with E-state index in [1.807, 2.05) is 18.4 Å². The molecule has 0 radical (unpaired) electrons. The molecule has 0 saturated heterocycles. The van der Waals surface area contributed by atoms with Crippen LogP contribution in [0.2, 0.25) is 0 Å². The Labute approximate surface area is 142 Å². The largest absolute Gasteiger partial charge is 0.354 e. The van der Waals surface area contributed by atoms with Gasteiger partial charge in [0, 0.05) is 12.0 Å². The Morgan fingerprint density at radius 2 is 2.05 bits per heavy atom. The summed E-state index contributed by atoms with van der Waals surface area (Å²) in [6.45, 7) is 0.588. The van der Waals surface area contributed by atoms with Crippen LogP contribution < -0.4 is 11.1 Å². The van der Waals surface area contributed by atoms with Crippen LogP contribution in [0.15, 0.2) is 24.3 Å². The number of thioether (sulfide) groups is 1. The molecule has 1 aliphatic carbocycles. The molecule has 1 aromatic carbocycles. The highest BCUT2D eigenvalue weighted by Gasteiger charge is 2.39. The van der Waals surface area contributed by atoms with Crippen LogP contribution in [0, 0.1) is 5.82 Å². The Balaban J connectivity index is 0.00000242. The summed E-state index contributed by atoms with van der Waals surface area (Å²) in [6, 6.07) is 6.19. The molecule has 0 aromatic heterocycles. The first-order valence-electron chi connectivity index (χ1n) is 7.36. The van der Waals surface area contributed by atoms with Gasteiger partial charge < -0.3 is 11.1 Å². The van der Waals surface area contributed by atoms with Gasteiger partial charge in [-0.3, -0.25) is 4.79 Å². The average Bonchev–Trinajstić information content (AvgIpc) is 2.45. The van der Waals surface area contributed by atoms with E-state index in [0.717, 1.165) is 30.6 Å². The van der Waals surface area contributed by atoms with Gasteiger partial charge in [0.15, 0.2) is 0 Å². The van der Waals surface area contributed by atoms with Crippen molar-refractivity contribution in [2.75, 3.05) is 18.6 Å². The maximum absolute atomic E-state index is 13.0. The highest BCUT2D eigenvalue weighted by Crippen LogP contribution is 2.43. The van der Waals surface area contributed by atoms with Gasteiger partial charge in [0.25, 0.3) is 0 Å². The fraction of sp³-hybridized carbons (Fsp3) is 0.562. The predicted octanol–water partition coefficient (Wildman–Crippen LogP) is 2.87. The van der Waals surface area contributed by atoms with Crippen LogP contribution in [-0.4, -0.2) is 30.5 Å². The molecule has 0 spiro atoms. The lowest BCUT2D eigenvalue weighted by Gasteiger charge is -2.42. The van der Waals surface area contributed by atoms with Crippen LogP contribution in [0.3, 0.4) is 0 Å². The smallest absolute Gasteiger partial charge is 0.236 e. The molecule has 1 atom stereocenters. The quantitative estimate of drug-likeness (QED) is 0.798. The molecule has 0 aliphatic heterocycles. The molecule has 124 valence electrons. The average molecular weight is 347 g/mol. The molecule has 0 unspecified atom stereocenters. The van der Waals surface area contributed by atoms with Crippen molar-refractivity contribution < 1.29 is 9.18 Å². The van der Waals surface area contributed by atoms with E-state index in [1.54, 1.807) is 11.8 Å². The van der Waals surface area contributed by atoms with E-state index < -0.39 is 6.04 Å². The van der Waals surface area contributed by atoms with Crippen LogP contribution >= 0.6 is 24.2 Å². The molecule has 1 fully saturated rings. The summed E-state index contributed by atoms with van der Waals surface area (Å²) in [4.78, 5) is 12.0. The second kappa shape index (κ2) is 8.75. The molecule has 6 heteroatoms. The minimum absolute atomic E-state index is 0. The van der Waals surface area contributed by atoms with E-state index in [4.69, 9.17) is 5.73 Å². The summed E-state index contributed by atoms with van der Waals surface area (Å²) >= 11 is 1.69. The van der Waals surface area contributed by atoms with E-state index in [2.05, 4.69) is 5.32 Å². The third-order valence-corrected chi connectivity index (χ3v) is 4.98. The van der Waals surface area contributed by atoms with Crippen molar-refractivity contribution in [3.63, 3.8) is 0 Å². The van der Waals surface area contributed by atoms with Crippen LogP contribution in [0.5, 0.6) is 0 Å². The van der Waals surface area contributed by atoms with Gasteiger partial charge in [0.2, 0.25) is 5.91 Å². The number of rotatable bonds is 7. The first kappa shape index (κ1) is 19.3. The van der Waals surface area contributed by atoms with Crippen LogP contribution in [-0.2, 0) is 10.2 Å². The maximum atomic E-state index is 13.0. The zero-order chi connectivity index (χ0) is 15.3. The summed E-state index contributed by atoms with van der Waals surface area (Å²) in [6.07, 6.45) is 5.89. The highest BCUT2D eigenvalue weighted by atomic mass is 35.5. The zero-order valence-electron chi connectivity index (χ0n) is 12.8. The number of carbonyl (C=O) groups excluding carboxylic acids is 1. The van der Waals surface area contributed by atoms with Gasteiger partial charge in [-0.15, -0.1) is 12.4 Å². The van der Waals surface area contributed by atoms with Gasteiger partial charge in [0.1, 0.15) is 5.82 Å².